The highest BCUT2D eigenvalue weighted by Gasteiger charge is 2.45. The predicted octanol–water partition coefficient (Wildman–Crippen LogP) is 4.44. The molecule has 1 amide bonds. The number of H-pyrrole nitrogens is 1. The molecule has 1 aliphatic rings. The smallest absolute Gasteiger partial charge is 0.280 e. The second-order valence-electron chi connectivity index (χ2n) is 9.02. The summed E-state index contributed by atoms with van der Waals surface area (Å²) < 4.78 is 31.5. The zero-order valence-electron chi connectivity index (χ0n) is 18.9. The molecule has 1 fully saturated rings. The van der Waals surface area contributed by atoms with Crippen LogP contribution in [0, 0.1) is 6.92 Å². The van der Waals surface area contributed by atoms with Gasteiger partial charge in [-0.1, -0.05) is 13.8 Å². The van der Waals surface area contributed by atoms with Gasteiger partial charge in [-0.05, 0) is 49.1 Å². The number of hydrogen-bond acceptors (Lipinski definition) is 5. The minimum Gasteiger partial charge on any atom is -0.354 e. The second-order valence-corrected chi connectivity index (χ2v) is 10.1. The van der Waals surface area contributed by atoms with E-state index in [1.165, 1.54) is 29.6 Å². The molecule has 5 rings (SSSR count). The standard InChI is InChI=1S/C23H26F2N6OS/c1-12(2)18-19(14-7-13(3)21-27-11-28-31(21)9-14)29-15-8-16(33-20(15)18)22(32)30(4)17-5-6-26-10-23(17,24)25/h7-9,11-12,17,26,29H,5-6,10H2,1-4H3/t17-/m0/s1. The Hall–Kier alpha value is -2.85. The van der Waals surface area contributed by atoms with Gasteiger partial charge in [0.1, 0.15) is 6.33 Å². The molecule has 174 valence electrons. The summed E-state index contributed by atoms with van der Waals surface area (Å²) >= 11 is 1.36. The van der Waals surface area contributed by atoms with Crippen LogP contribution in [0.4, 0.5) is 8.78 Å². The SMILES string of the molecule is Cc1cc(-c2[nH]c3cc(C(=O)N(C)[C@H]4CCNCC4(F)F)sc3c2C(C)C)cn2ncnc12. The zero-order chi connectivity index (χ0) is 23.5. The third-order valence-electron chi connectivity index (χ3n) is 6.37. The number of halogens is 2. The van der Waals surface area contributed by atoms with Gasteiger partial charge in [0, 0.05) is 18.8 Å². The van der Waals surface area contributed by atoms with E-state index in [1.54, 1.807) is 10.6 Å². The Bertz CT molecular complexity index is 1350. The van der Waals surface area contributed by atoms with Crippen LogP contribution in [-0.4, -0.2) is 62.5 Å². The highest BCUT2D eigenvalue weighted by molar-refractivity contribution is 7.21. The van der Waals surface area contributed by atoms with E-state index in [2.05, 4.69) is 40.3 Å². The Morgan fingerprint density at radius 1 is 1.36 bits per heavy atom. The minimum atomic E-state index is -2.95. The molecule has 0 aromatic carbocycles. The lowest BCUT2D eigenvalue weighted by Crippen LogP contribution is -2.57. The number of aromatic amines is 1. The maximum Gasteiger partial charge on any atom is 0.280 e. The number of nitrogens with zero attached hydrogens (tertiary/aromatic N) is 4. The highest BCUT2D eigenvalue weighted by Crippen LogP contribution is 2.41. The van der Waals surface area contributed by atoms with Gasteiger partial charge in [-0.2, -0.15) is 5.10 Å². The van der Waals surface area contributed by atoms with Crippen LogP contribution in [0.3, 0.4) is 0 Å². The molecule has 0 saturated carbocycles. The Balaban J connectivity index is 1.54. The van der Waals surface area contributed by atoms with Crippen LogP contribution in [-0.2, 0) is 0 Å². The van der Waals surface area contributed by atoms with E-state index >= 15 is 0 Å². The summed E-state index contributed by atoms with van der Waals surface area (Å²) in [6.07, 6.45) is 3.70. The van der Waals surface area contributed by atoms with E-state index in [0.29, 0.717) is 11.4 Å². The lowest BCUT2D eigenvalue weighted by molar-refractivity contribution is -0.0805. The molecule has 1 saturated heterocycles. The molecular formula is C23H26F2N6OS. The summed E-state index contributed by atoms with van der Waals surface area (Å²) in [5.74, 6) is -3.13. The summed E-state index contributed by atoms with van der Waals surface area (Å²) in [6.45, 7) is 6.28. The van der Waals surface area contributed by atoms with Gasteiger partial charge in [0.25, 0.3) is 11.8 Å². The van der Waals surface area contributed by atoms with Crippen molar-refractivity contribution in [1.82, 2.24) is 29.8 Å². The van der Waals surface area contributed by atoms with E-state index in [0.717, 1.165) is 38.2 Å². The number of rotatable bonds is 4. The number of carbonyl (C=O) groups excluding carboxylic acids is 1. The Labute approximate surface area is 193 Å². The molecule has 0 radical (unpaired) electrons. The number of thiophene rings is 1. The van der Waals surface area contributed by atoms with Gasteiger partial charge in [-0.3, -0.25) is 4.79 Å². The second kappa shape index (κ2) is 7.88. The van der Waals surface area contributed by atoms with Crippen molar-refractivity contribution in [2.75, 3.05) is 20.1 Å². The number of pyridine rings is 1. The first kappa shape index (κ1) is 22.0. The zero-order valence-corrected chi connectivity index (χ0v) is 19.8. The molecule has 0 aliphatic carbocycles. The number of fused-ring (bicyclic) bond motifs is 2. The van der Waals surface area contributed by atoms with Gasteiger partial charge in [-0.25, -0.2) is 18.3 Å². The van der Waals surface area contributed by atoms with Crippen LogP contribution in [0.25, 0.3) is 27.1 Å². The number of aromatic nitrogens is 4. The van der Waals surface area contributed by atoms with E-state index < -0.39 is 18.5 Å². The third kappa shape index (κ3) is 3.61. The molecule has 0 spiro atoms. The van der Waals surface area contributed by atoms with E-state index in [-0.39, 0.29) is 18.2 Å². The molecule has 2 N–H and O–H groups in total. The van der Waals surface area contributed by atoms with Crippen LogP contribution in [0.2, 0.25) is 0 Å². The first-order valence-electron chi connectivity index (χ1n) is 11.0. The summed E-state index contributed by atoms with van der Waals surface area (Å²) in [6, 6.07) is 2.75. The Morgan fingerprint density at radius 2 is 2.15 bits per heavy atom. The number of alkyl halides is 2. The van der Waals surface area contributed by atoms with Gasteiger partial charge >= 0.3 is 0 Å². The highest BCUT2D eigenvalue weighted by atomic mass is 32.1. The van der Waals surface area contributed by atoms with E-state index in [9.17, 15) is 13.6 Å². The molecule has 1 aliphatic heterocycles. The average Bonchev–Trinajstić information content (AvgIpc) is 3.46. The summed E-state index contributed by atoms with van der Waals surface area (Å²) in [5, 5.41) is 6.98. The lowest BCUT2D eigenvalue weighted by atomic mass is 9.99. The number of piperidine rings is 1. The van der Waals surface area contributed by atoms with Crippen molar-refractivity contribution < 1.29 is 13.6 Å². The maximum absolute atomic E-state index is 14.4. The van der Waals surface area contributed by atoms with Gasteiger partial charge in [0.05, 0.1) is 33.4 Å². The molecule has 4 aromatic heterocycles. The van der Waals surface area contributed by atoms with Crippen LogP contribution < -0.4 is 5.32 Å². The molecule has 0 bridgehead atoms. The fourth-order valence-corrected chi connectivity index (χ4v) is 6.02. The van der Waals surface area contributed by atoms with Crippen molar-refractivity contribution in [2.45, 2.75) is 45.1 Å². The minimum absolute atomic E-state index is 0.189. The molecule has 7 nitrogen and oxygen atoms in total. The predicted molar refractivity (Wildman–Crippen MR) is 125 cm³/mol. The third-order valence-corrected chi connectivity index (χ3v) is 7.53. The lowest BCUT2D eigenvalue weighted by Gasteiger charge is -2.37. The molecular weight excluding hydrogens is 446 g/mol. The molecule has 1 atom stereocenters. The average molecular weight is 473 g/mol. The van der Waals surface area contributed by atoms with Crippen molar-refractivity contribution >= 4 is 33.1 Å². The van der Waals surface area contributed by atoms with Crippen molar-refractivity contribution in [2.24, 2.45) is 0 Å². The summed E-state index contributed by atoms with van der Waals surface area (Å²) in [7, 11) is 1.48. The molecule has 0 unspecified atom stereocenters. The number of aryl methyl sites for hydroxylation is 1. The van der Waals surface area contributed by atoms with Gasteiger partial charge in [0.2, 0.25) is 0 Å². The van der Waals surface area contributed by atoms with Crippen molar-refractivity contribution in [1.29, 1.82) is 0 Å². The topological polar surface area (TPSA) is 78.3 Å². The van der Waals surface area contributed by atoms with Crippen LogP contribution >= 0.6 is 11.3 Å². The van der Waals surface area contributed by atoms with Crippen LogP contribution in [0.1, 0.15) is 47.0 Å². The van der Waals surface area contributed by atoms with Crippen molar-refractivity contribution in [3.8, 4) is 11.3 Å². The van der Waals surface area contributed by atoms with Gasteiger partial charge in [0.15, 0.2) is 5.65 Å². The van der Waals surface area contributed by atoms with Gasteiger partial charge < -0.3 is 15.2 Å². The molecule has 33 heavy (non-hydrogen) atoms. The fraction of sp³-hybridized carbons (Fsp3) is 0.435. The first-order valence-corrected chi connectivity index (χ1v) is 11.8. The van der Waals surface area contributed by atoms with Gasteiger partial charge in [-0.15, -0.1) is 11.3 Å². The van der Waals surface area contributed by atoms with E-state index in [1.807, 2.05) is 13.1 Å². The van der Waals surface area contributed by atoms with Crippen LogP contribution in [0.5, 0.6) is 0 Å². The summed E-state index contributed by atoms with van der Waals surface area (Å²) in [5.41, 5.74) is 5.72. The Morgan fingerprint density at radius 3 is 2.88 bits per heavy atom. The first-order chi connectivity index (χ1) is 15.7. The van der Waals surface area contributed by atoms with Crippen molar-refractivity contribution in [3.63, 3.8) is 0 Å². The summed E-state index contributed by atoms with van der Waals surface area (Å²) in [4.78, 5) is 22.6. The normalized spacial score (nSPS) is 18.5. The van der Waals surface area contributed by atoms with E-state index in [4.69, 9.17) is 0 Å². The van der Waals surface area contributed by atoms with Crippen LogP contribution in [0.15, 0.2) is 24.7 Å². The van der Waals surface area contributed by atoms with Crippen molar-refractivity contribution in [3.05, 3.63) is 40.7 Å². The number of hydrogen-bond donors (Lipinski definition) is 2. The maximum atomic E-state index is 14.4. The number of carbonyl (C=O) groups is 1. The largest absolute Gasteiger partial charge is 0.354 e. The fourth-order valence-electron chi connectivity index (χ4n) is 4.73. The number of nitrogens with one attached hydrogen (secondary N) is 2. The molecule has 5 heterocycles. The number of amides is 1. The monoisotopic (exact) mass is 472 g/mol. The molecule has 10 heteroatoms. The quantitative estimate of drug-likeness (QED) is 0.460. The Kier molecular flexibility index (Phi) is 5.24. The molecule has 4 aromatic rings.